The Morgan fingerprint density at radius 3 is 0.888 bits per heavy atom. The molecule has 0 aromatic carbocycles. The summed E-state index contributed by atoms with van der Waals surface area (Å²) in [6.07, 6.45) is 104. The predicted molar refractivity (Wildman–Crippen MR) is 393 cm³/mol. The summed E-state index contributed by atoms with van der Waals surface area (Å²) in [6.45, 7) is 4.91. The van der Waals surface area contributed by atoms with Crippen LogP contribution in [0.4, 0.5) is 0 Å². The second-order valence-corrected chi connectivity index (χ2v) is 27.7. The van der Waals surface area contributed by atoms with E-state index < -0.39 is 12.1 Å². The van der Waals surface area contributed by atoms with Crippen LogP contribution in [0.3, 0.4) is 0 Å². The number of hydrogen-bond donors (Lipinski definition) is 3. The number of nitrogens with one attached hydrogen (secondary N) is 1. The van der Waals surface area contributed by atoms with Crippen molar-refractivity contribution in [2.75, 3.05) is 13.2 Å². The van der Waals surface area contributed by atoms with Crippen LogP contribution in [0.15, 0.2) is 48.6 Å². The van der Waals surface area contributed by atoms with Crippen LogP contribution in [0.2, 0.25) is 0 Å². The van der Waals surface area contributed by atoms with E-state index in [2.05, 4.69) is 55.6 Å². The molecule has 0 saturated carbocycles. The number of unbranched alkanes of at least 4 members (excludes halogenated alkanes) is 59. The number of esters is 1. The molecule has 524 valence electrons. The van der Waals surface area contributed by atoms with Gasteiger partial charge < -0.3 is 20.3 Å². The van der Waals surface area contributed by atoms with Gasteiger partial charge in [-0.3, -0.25) is 9.59 Å². The smallest absolute Gasteiger partial charge is 0.305 e. The maximum absolute atomic E-state index is 12.5. The van der Waals surface area contributed by atoms with E-state index in [9.17, 15) is 19.8 Å². The van der Waals surface area contributed by atoms with Gasteiger partial charge in [0.1, 0.15) is 0 Å². The first-order valence-electron chi connectivity index (χ1n) is 40.4. The van der Waals surface area contributed by atoms with Gasteiger partial charge in [0.15, 0.2) is 0 Å². The molecule has 6 heteroatoms. The SMILES string of the molecule is CCCCC/C=C\C/C=C\CCCCCCCCCCCC(=O)OCCCCCCCCCCCCCCCCCCCC/C=C\CCCCCCCCCCCCCCCCCCCC(=O)NC(CO)C(O)/C=C/CCCCCCCCCCCCCC. The molecule has 6 nitrogen and oxygen atoms in total. The highest BCUT2D eigenvalue weighted by atomic mass is 16.5. The fourth-order valence-electron chi connectivity index (χ4n) is 12.7. The maximum atomic E-state index is 12.5. The quantitative estimate of drug-likeness (QED) is 0.0320. The van der Waals surface area contributed by atoms with Crippen molar-refractivity contribution in [1.29, 1.82) is 0 Å². The fraction of sp³-hybridized carbons (Fsp3) is 0.880. The summed E-state index contributed by atoms with van der Waals surface area (Å²) in [4.78, 5) is 24.6. The summed E-state index contributed by atoms with van der Waals surface area (Å²) in [7, 11) is 0. The van der Waals surface area contributed by atoms with Gasteiger partial charge in [0.2, 0.25) is 5.91 Å². The number of carbonyl (C=O) groups excluding carboxylic acids is 2. The zero-order valence-electron chi connectivity index (χ0n) is 60.2. The van der Waals surface area contributed by atoms with Gasteiger partial charge in [0.05, 0.1) is 25.4 Å². The van der Waals surface area contributed by atoms with Crippen LogP contribution in [0.1, 0.15) is 444 Å². The molecule has 2 atom stereocenters. The topological polar surface area (TPSA) is 95.9 Å². The van der Waals surface area contributed by atoms with E-state index in [0.29, 0.717) is 19.4 Å². The third-order valence-electron chi connectivity index (χ3n) is 18.8. The lowest BCUT2D eigenvalue weighted by atomic mass is 10.0. The number of aliphatic hydroxyl groups excluding tert-OH is 2. The monoisotopic (exact) mass is 1250 g/mol. The molecule has 0 spiro atoms. The molecule has 0 bridgehead atoms. The van der Waals surface area contributed by atoms with Crippen molar-refractivity contribution in [2.45, 2.75) is 456 Å². The molecule has 0 aromatic heterocycles. The Kier molecular flexibility index (Phi) is 76.3. The lowest BCUT2D eigenvalue weighted by Crippen LogP contribution is -2.45. The van der Waals surface area contributed by atoms with Crippen molar-refractivity contribution in [1.82, 2.24) is 5.32 Å². The summed E-state index contributed by atoms with van der Waals surface area (Å²) in [5.74, 6) is -0.0426. The lowest BCUT2D eigenvalue weighted by Gasteiger charge is -2.20. The molecule has 3 N–H and O–H groups in total. The number of rotatable bonds is 76. The van der Waals surface area contributed by atoms with Crippen LogP contribution in [0.5, 0.6) is 0 Å². The standard InChI is InChI=1S/C83H157NO5/c1-3-5-7-9-11-13-15-17-19-20-42-46-49-53-57-61-65-69-73-77-83(88)89-78-74-70-66-62-58-54-50-47-44-41-39-37-35-33-31-29-27-25-23-21-22-24-26-28-30-32-34-36-38-40-43-45-48-52-56-60-64-68-72-76-82(87)84-80(79-85)81(86)75-71-67-63-59-55-51-18-16-14-12-10-8-6-4-2/h11,13,17,19,21-22,71,75,80-81,85-86H,3-10,12,14-16,18,20,23-70,72-74,76-79H2,1-2H3,(H,84,87)/b13-11-,19-17-,22-21-,75-71+. The van der Waals surface area contributed by atoms with Crippen LogP contribution in [0, 0.1) is 0 Å². The van der Waals surface area contributed by atoms with Gasteiger partial charge in [-0.15, -0.1) is 0 Å². The zero-order valence-corrected chi connectivity index (χ0v) is 60.2. The molecule has 0 rings (SSSR count). The van der Waals surface area contributed by atoms with Gasteiger partial charge in [0, 0.05) is 12.8 Å². The van der Waals surface area contributed by atoms with Crippen LogP contribution >= 0.6 is 0 Å². The molecular weight excluding hydrogens is 1090 g/mol. The van der Waals surface area contributed by atoms with E-state index >= 15 is 0 Å². The lowest BCUT2D eigenvalue weighted by molar-refractivity contribution is -0.143. The Morgan fingerprint density at radius 2 is 0.562 bits per heavy atom. The summed E-state index contributed by atoms with van der Waals surface area (Å²) < 4.78 is 5.52. The highest BCUT2D eigenvalue weighted by Gasteiger charge is 2.18. The highest BCUT2D eigenvalue weighted by Crippen LogP contribution is 2.19. The largest absolute Gasteiger partial charge is 0.466 e. The average molecular weight is 1250 g/mol. The average Bonchev–Trinajstić information content (AvgIpc) is 3.68. The molecule has 0 aliphatic carbocycles. The third-order valence-corrected chi connectivity index (χ3v) is 18.8. The van der Waals surface area contributed by atoms with E-state index in [4.69, 9.17) is 4.74 Å². The molecule has 1 amide bonds. The van der Waals surface area contributed by atoms with Gasteiger partial charge in [0.25, 0.3) is 0 Å². The molecular formula is C83H157NO5. The Morgan fingerprint density at radius 1 is 0.315 bits per heavy atom. The first kappa shape index (κ1) is 86.8. The molecule has 0 aliphatic rings. The number of hydrogen-bond acceptors (Lipinski definition) is 5. The van der Waals surface area contributed by atoms with Crippen molar-refractivity contribution < 1.29 is 24.5 Å². The Balaban J connectivity index is 3.32. The van der Waals surface area contributed by atoms with Crippen LogP contribution in [-0.2, 0) is 14.3 Å². The first-order valence-corrected chi connectivity index (χ1v) is 40.4. The predicted octanol–water partition coefficient (Wildman–Crippen LogP) is 26.8. The molecule has 0 radical (unpaired) electrons. The molecule has 0 aromatic rings. The summed E-state index contributed by atoms with van der Waals surface area (Å²) in [5.41, 5.74) is 0. The van der Waals surface area contributed by atoms with E-state index in [1.165, 1.54) is 372 Å². The maximum Gasteiger partial charge on any atom is 0.305 e. The number of aliphatic hydroxyl groups is 2. The molecule has 89 heavy (non-hydrogen) atoms. The number of amides is 1. The number of carbonyl (C=O) groups is 2. The molecule has 2 unspecified atom stereocenters. The Hall–Kier alpha value is -2.18. The minimum absolute atomic E-state index is 0.0189. The van der Waals surface area contributed by atoms with Crippen LogP contribution in [0.25, 0.3) is 0 Å². The van der Waals surface area contributed by atoms with Gasteiger partial charge in [-0.2, -0.15) is 0 Å². The molecule has 0 fully saturated rings. The normalized spacial score (nSPS) is 12.7. The van der Waals surface area contributed by atoms with Gasteiger partial charge in [-0.05, 0) is 89.9 Å². The highest BCUT2D eigenvalue weighted by molar-refractivity contribution is 5.76. The van der Waals surface area contributed by atoms with Crippen molar-refractivity contribution in [3.8, 4) is 0 Å². The van der Waals surface area contributed by atoms with E-state index in [-0.39, 0.29) is 18.5 Å². The van der Waals surface area contributed by atoms with Gasteiger partial charge in [-0.1, -0.05) is 390 Å². The Bertz CT molecular complexity index is 1490. The second-order valence-electron chi connectivity index (χ2n) is 27.7. The van der Waals surface area contributed by atoms with Gasteiger partial charge >= 0.3 is 5.97 Å². The molecule has 0 saturated heterocycles. The summed E-state index contributed by atoms with van der Waals surface area (Å²) in [6, 6.07) is -0.624. The second kappa shape index (κ2) is 78.3. The number of allylic oxidation sites excluding steroid dienone is 7. The van der Waals surface area contributed by atoms with E-state index in [1.807, 2.05) is 6.08 Å². The minimum Gasteiger partial charge on any atom is -0.466 e. The van der Waals surface area contributed by atoms with E-state index in [0.717, 1.165) is 44.9 Å². The fourth-order valence-corrected chi connectivity index (χ4v) is 12.7. The van der Waals surface area contributed by atoms with Crippen molar-refractivity contribution in [3.05, 3.63) is 48.6 Å². The summed E-state index contributed by atoms with van der Waals surface area (Å²) in [5, 5.41) is 23.2. The van der Waals surface area contributed by atoms with Crippen molar-refractivity contribution in [2.24, 2.45) is 0 Å². The third kappa shape index (κ3) is 74.7. The minimum atomic E-state index is -0.841. The molecule has 0 heterocycles. The Labute approximate surface area is 556 Å². The van der Waals surface area contributed by atoms with Crippen molar-refractivity contribution >= 4 is 11.9 Å². The van der Waals surface area contributed by atoms with Gasteiger partial charge in [-0.25, -0.2) is 0 Å². The first-order chi connectivity index (χ1) is 44.0. The van der Waals surface area contributed by atoms with Crippen molar-refractivity contribution in [3.63, 3.8) is 0 Å². The van der Waals surface area contributed by atoms with Crippen LogP contribution < -0.4 is 5.32 Å². The summed E-state index contributed by atoms with van der Waals surface area (Å²) >= 11 is 0. The van der Waals surface area contributed by atoms with E-state index in [1.54, 1.807) is 6.08 Å². The zero-order chi connectivity index (χ0) is 64.2. The number of ether oxygens (including phenoxy) is 1. The molecule has 0 aliphatic heterocycles. The van der Waals surface area contributed by atoms with Crippen LogP contribution in [-0.4, -0.2) is 47.4 Å².